The van der Waals surface area contributed by atoms with Gasteiger partial charge < -0.3 is 15.4 Å². The second-order valence-electron chi connectivity index (χ2n) is 5.89. The van der Waals surface area contributed by atoms with Crippen LogP contribution in [0.2, 0.25) is 0 Å². The van der Waals surface area contributed by atoms with Gasteiger partial charge in [0.05, 0.1) is 12.7 Å². The molecule has 5 nitrogen and oxygen atoms in total. The van der Waals surface area contributed by atoms with Gasteiger partial charge in [-0.3, -0.25) is 9.59 Å². The van der Waals surface area contributed by atoms with Gasteiger partial charge in [-0.05, 0) is 64.9 Å². The molecule has 0 bridgehead atoms. The number of anilines is 1. The summed E-state index contributed by atoms with van der Waals surface area (Å²) < 4.78 is 6.30. The number of para-hydroxylation sites is 1. The van der Waals surface area contributed by atoms with Gasteiger partial charge in [0.2, 0.25) is 5.91 Å². The maximum atomic E-state index is 12.6. The summed E-state index contributed by atoms with van der Waals surface area (Å²) >= 11 is 2.20. The summed E-state index contributed by atoms with van der Waals surface area (Å²) in [5.41, 5.74) is 1.10. The second kappa shape index (κ2) is 8.84. The fourth-order valence-electron chi connectivity index (χ4n) is 2.34. The highest BCUT2D eigenvalue weighted by molar-refractivity contribution is 14.1. The smallest absolute Gasteiger partial charge is 0.255 e. The van der Waals surface area contributed by atoms with E-state index < -0.39 is 6.04 Å². The molecule has 0 aromatic heterocycles. The molecule has 0 saturated heterocycles. The Labute approximate surface area is 161 Å². The molecule has 0 unspecified atom stereocenters. The lowest BCUT2D eigenvalue weighted by molar-refractivity contribution is -0.118. The van der Waals surface area contributed by atoms with E-state index in [1.807, 2.05) is 38.1 Å². The van der Waals surface area contributed by atoms with Gasteiger partial charge in [-0.15, -0.1) is 0 Å². The topological polar surface area (TPSA) is 67.4 Å². The normalized spacial score (nSPS) is 11.7. The average molecular weight is 452 g/mol. The Hall–Kier alpha value is -2.09. The molecular weight excluding hydrogens is 431 g/mol. The summed E-state index contributed by atoms with van der Waals surface area (Å²) in [4.78, 5) is 25.2. The summed E-state index contributed by atoms with van der Waals surface area (Å²) in [6.45, 7) is 3.78. The first-order valence-corrected chi connectivity index (χ1v) is 9.00. The van der Waals surface area contributed by atoms with Gasteiger partial charge in [0.1, 0.15) is 11.8 Å². The fourth-order valence-corrected chi connectivity index (χ4v) is 2.70. The van der Waals surface area contributed by atoms with Crippen LogP contribution in [0.15, 0.2) is 48.5 Å². The molecule has 0 heterocycles. The molecule has 0 aliphatic heterocycles. The van der Waals surface area contributed by atoms with E-state index in [0.717, 1.165) is 3.57 Å². The number of carbonyl (C=O) groups excluding carboxylic acids is 2. The van der Waals surface area contributed by atoms with Gasteiger partial charge in [-0.25, -0.2) is 0 Å². The lowest BCUT2D eigenvalue weighted by Gasteiger charge is -2.22. The number of hydrogen-bond donors (Lipinski definition) is 2. The molecule has 2 amide bonds. The third-order valence-corrected chi connectivity index (χ3v) is 4.42. The number of hydrogen-bond acceptors (Lipinski definition) is 3. The molecule has 6 heteroatoms. The maximum absolute atomic E-state index is 12.6. The van der Waals surface area contributed by atoms with Gasteiger partial charge in [0.25, 0.3) is 5.91 Å². The van der Waals surface area contributed by atoms with E-state index in [4.69, 9.17) is 4.74 Å². The van der Waals surface area contributed by atoms with E-state index in [2.05, 4.69) is 33.2 Å². The zero-order chi connectivity index (χ0) is 18.4. The van der Waals surface area contributed by atoms with Crippen LogP contribution in [0.5, 0.6) is 5.75 Å². The molecule has 1 atom stereocenters. The highest BCUT2D eigenvalue weighted by Gasteiger charge is 2.25. The van der Waals surface area contributed by atoms with Crippen molar-refractivity contribution < 1.29 is 14.3 Å². The van der Waals surface area contributed by atoms with E-state index >= 15 is 0 Å². The monoisotopic (exact) mass is 452 g/mol. The first kappa shape index (κ1) is 19.2. The van der Waals surface area contributed by atoms with Crippen molar-refractivity contribution in [2.75, 3.05) is 12.4 Å². The van der Waals surface area contributed by atoms with Crippen LogP contribution in [-0.4, -0.2) is 25.0 Å². The minimum atomic E-state index is -0.656. The number of halogens is 1. The molecule has 0 fully saturated rings. The molecular formula is C19H21IN2O3. The van der Waals surface area contributed by atoms with Crippen LogP contribution in [0, 0.1) is 9.49 Å². The summed E-state index contributed by atoms with van der Waals surface area (Å²) in [7, 11) is 1.51. The highest BCUT2D eigenvalue weighted by Crippen LogP contribution is 2.18. The Bertz CT molecular complexity index is 745. The second-order valence-corrected chi connectivity index (χ2v) is 7.14. The van der Waals surface area contributed by atoms with Crippen molar-refractivity contribution in [3.63, 3.8) is 0 Å². The van der Waals surface area contributed by atoms with Gasteiger partial charge in [-0.2, -0.15) is 0 Å². The van der Waals surface area contributed by atoms with Crippen molar-refractivity contribution in [1.82, 2.24) is 5.32 Å². The van der Waals surface area contributed by atoms with E-state index in [1.54, 1.807) is 24.3 Å². The van der Waals surface area contributed by atoms with E-state index in [-0.39, 0.29) is 17.7 Å². The summed E-state index contributed by atoms with van der Waals surface area (Å²) in [5.74, 6) is -0.184. The fraction of sp³-hybridized carbons (Fsp3) is 0.263. The molecule has 2 N–H and O–H groups in total. The minimum Gasteiger partial charge on any atom is -0.496 e. The lowest BCUT2D eigenvalue weighted by Crippen LogP contribution is -2.47. The molecule has 2 aromatic carbocycles. The largest absolute Gasteiger partial charge is 0.496 e. The SMILES string of the molecule is COc1ccccc1C(=O)N[C@H](C(=O)Nc1ccc(I)cc1)C(C)C. The van der Waals surface area contributed by atoms with Crippen molar-refractivity contribution in [1.29, 1.82) is 0 Å². The van der Waals surface area contributed by atoms with Crippen molar-refractivity contribution in [3.8, 4) is 5.75 Å². The average Bonchev–Trinajstić information content (AvgIpc) is 2.60. The number of methoxy groups -OCH3 is 1. The predicted molar refractivity (Wildman–Crippen MR) is 107 cm³/mol. The van der Waals surface area contributed by atoms with Crippen molar-refractivity contribution in [2.45, 2.75) is 19.9 Å². The number of rotatable bonds is 6. The van der Waals surface area contributed by atoms with Gasteiger partial charge in [-0.1, -0.05) is 26.0 Å². The van der Waals surface area contributed by atoms with E-state index in [1.165, 1.54) is 7.11 Å². The summed E-state index contributed by atoms with van der Waals surface area (Å²) in [6.07, 6.45) is 0. The highest BCUT2D eigenvalue weighted by atomic mass is 127. The molecule has 0 saturated carbocycles. The van der Waals surface area contributed by atoms with Crippen molar-refractivity contribution in [3.05, 3.63) is 57.7 Å². The minimum absolute atomic E-state index is 0.0671. The number of nitrogens with one attached hydrogen (secondary N) is 2. The molecule has 0 radical (unpaired) electrons. The van der Waals surface area contributed by atoms with Crippen molar-refractivity contribution in [2.24, 2.45) is 5.92 Å². The van der Waals surface area contributed by atoms with Crippen molar-refractivity contribution >= 4 is 40.1 Å². The Morgan fingerprint density at radius 3 is 2.28 bits per heavy atom. The summed E-state index contributed by atoms with van der Waals surface area (Å²) in [5, 5.41) is 5.65. The Kier molecular flexibility index (Phi) is 6.81. The van der Waals surface area contributed by atoms with E-state index in [0.29, 0.717) is 17.0 Å². The molecule has 0 aliphatic carbocycles. The Balaban J connectivity index is 2.13. The Morgan fingerprint density at radius 2 is 1.68 bits per heavy atom. The third kappa shape index (κ3) is 5.19. The summed E-state index contributed by atoms with van der Waals surface area (Å²) in [6, 6.07) is 13.8. The Morgan fingerprint density at radius 1 is 1.04 bits per heavy atom. The quantitative estimate of drug-likeness (QED) is 0.658. The van der Waals surface area contributed by atoms with Crippen LogP contribution < -0.4 is 15.4 Å². The van der Waals surface area contributed by atoms with Crippen LogP contribution in [0.3, 0.4) is 0 Å². The van der Waals surface area contributed by atoms with Crippen LogP contribution in [-0.2, 0) is 4.79 Å². The zero-order valence-electron chi connectivity index (χ0n) is 14.4. The third-order valence-electron chi connectivity index (χ3n) is 3.70. The number of amides is 2. The molecule has 2 rings (SSSR count). The van der Waals surface area contributed by atoms with Gasteiger partial charge >= 0.3 is 0 Å². The molecule has 0 spiro atoms. The molecule has 2 aromatic rings. The van der Waals surface area contributed by atoms with Gasteiger partial charge in [0, 0.05) is 9.26 Å². The molecule has 132 valence electrons. The number of ether oxygens (including phenoxy) is 1. The molecule has 25 heavy (non-hydrogen) atoms. The van der Waals surface area contributed by atoms with Crippen LogP contribution >= 0.6 is 22.6 Å². The number of carbonyl (C=O) groups is 2. The first-order valence-electron chi connectivity index (χ1n) is 7.92. The maximum Gasteiger partial charge on any atom is 0.255 e. The lowest BCUT2D eigenvalue weighted by atomic mass is 10.0. The van der Waals surface area contributed by atoms with Crippen LogP contribution in [0.4, 0.5) is 5.69 Å². The van der Waals surface area contributed by atoms with E-state index in [9.17, 15) is 9.59 Å². The number of benzene rings is 2. The standard InChI is InChI=1S/C19H21IN2O3/c1-12(2)17(19(24)21-14-10-8-13(20)9-11-14)22-18(23)15-6-4-5-7-16(15)25-3/h4-12,17H,1-3H3,(H,21,24)(H,22,23)/t17-/m0/s1. The van der Waals surface area contributed by atoms with Crippen LogP contribution in [0.1, 0.15) is 24.2 Å². The molecule has 0 aliphatic rings. The first-order chi connectivity index (χ1) is 11.9. The zero-order valence-corrected chi connectivity index (χ0v) is 16.5. The van der Waals surface area contributed by atoms with Gasteiger partial charge in [0.15, 0.2) is 0 Å². The predicted octanol–water partition coefficient (Wildman–Crippen LogP) is 3.69. The van der Waals surface area contributed by atoms with Crippen LogP contribution in [0.25, 0.3) is 0 Å².